The average Bonchev–Trinajstić information content (AvgIpc) is 3.05. The summed E-state index contributed by atoms with van der Waals surface area (Å²) in [5, 5.41) is 12.1. The number of amides is 1. The van der Waals surface area contributed by atoms with Crippen LogP contribution in [0.1, 0.15) is 22.3 Å². The number of nitrogens with one attached hydrogen (secondary N) is 2. The van der Waals surface area contributed by atoms with Crippen molar-refractivity contribution in [1.29, 1.82) is 5.41 Å². The number of fused-ring (bicyclic) bond motifs is 2. The van der Waals surface area contributed by atoms with Crippen molar-refractivity contribution in [2.45, 2.75) is 12.8 Å². The summed E-state index contributed by atoms with van der Waals surface area (Å²) >= 11 is 0. The van der Waals surface area contributed by atoms with Gasteiger partial charge in [-0.3, -0.25) is 15.2 Å². The van der Waals surface area contributed by atoms with Gasteiger partial charge in [0.25, 0.3) is 11.9 Å². The summed E-state index contributed by atoms with van der Waals surface area (Å²) in [5.41, 5.74) is 11.0. The van der Waals surface area contributed by atoms with E-state index in [2.05, 4.69) is 20.3 Å². The Hall–Kier alpha value is -4.89. The molecule has 0 saturated heterocycles. The lowest BCUT2D eigenvalue weighted by atomic mass is 10.0. The molecule has 37 heavy (non-hydrogen) atoms. The van der Waals surface area contributed by atoms with Crippen LogP contribution in [-0.4, -0.2) is 41.8 Å². The fourth-order valence-corrected chi connectivity index (χ4v) is 4.11. The fourth-order valence-electron chi connectivity index (χ4n) is 4.11. The molecule has 0 saturated carbocycles. The average molecular weight is 493 g/mol. The third kappa shape index (κ3) is 5.07. The number of hydrogen-bond donors (Lipinski definition) is 3. The van der Waals surface area contributed by atoms with Gasteiger partial charge in [0.1, 0.15) is 0 Å². The molecule has 0 spiro atoms. The first kappa shape index (κ1) is 23.8. The van der Waals surface area contributed by atoms with Crippen LogP contribution in [-0.2, 0) is 20.9 Å². The molecule has 184 valence electrons. The summed E-state index contributed by atoms with van der Waals surface area (Å²) in [6.07, 6.45) is 0.378. The molecule has 1 atom stereocenters. The lowest BCUT2D eigenvalue weighted by Crippen LogP contribution is -2.29. The minimum Gasteiger partial charge on any atom is -0.407 e. The number of carbonyl (C=O) groups is 1. The maximum atomic E-state index is 13.0. The van der Waals surface area contributed by atoms with E-state index in [0.29, 0.717) is 34.5 Å². The molecule has 0 radical (unpaired) electrons. The third-order valence-corrected chi connectivity index (χ3v) is 5.79. The lowest BCUT2D eigenvalue weighted by Gasteiger charge is -2.11. The van der Waals surface area contributed by atoms with Crippen molar-refractivity contribution in [3.8, 4) is 0 Å². The topological polar surface area (TPSA) is 135 Å². The largest absolute Gasteiger partial charge is 0.407 e. The first-order chi connectivity index (χ1) is 18.0. The zero-order valence-electron chi connectivity index (χ0n) is 20.0. The molecule has 3 aromatic carbocycles. The molecule has 1 amide bonds. The second-order valence-corrected chi connectivity index (χ2v) is 8.29. The summed E-state index contributed by atoms with van der Waals surface area (Å²) in [7, 11) is 1.62. The Morgan fingerprint density at radius 1 is 1.08 bits per heavy atom. The molecule has 2 heterocycles. The number of aromatic nitrogens is 1. The third-order valence-electron chi connectivity index (χ3n) is 5.79. The van der Waals surface area contributed by atoms with E-state index >= 15 is 0 Å². The molecule has 0 aliphatic carbocycles. The van der Waals surface area contributed by atoms with Crippen LogP contribution in [0.3, 0.4) is 0 Å². The standard InChI is InChI=1S/C28H24N6O3/c1-36-16-17-11-12-22-21(15-17)19(13-14-31-22)25(29)37-28(30)34-26-27(35)32-23-10-6-5-9-20(23)24(33-26)18-7-3-2-4-8-18/h2-15,26,29H,16H2,1H3,(H2,30,34)(H,32,35). The first-order valence-electron chi connectivity index (χ1n) is 11.5. The number of para-hydroxylation sites is 1. The van der Waals surface area contributed by atoms with E-state index in [9.17, 15) is 4.79 Å². The van der Waals surface area contributed by atoms with Gasteiger partial charge in [-0.15, -0.1) is 0 Å². The highest BCUT2D eigenvalue weighted by Crippen LogP contribution is 2.25. The molecule has 1 aromatic heterocycles. The molecule has 0 bridgehead atoms. The van der Waals surface area contributed by atoms with Crippen molar-refractivity contribution in [3.05, 3.63) is 107 Å². The van der Waals surface area contributed by atoms with Gasteiger partial charge < -0.3 is 20.5 Å². The van der Waals surface area contributed by atoms with Crippen LogP contribution < -0.4 is 11.1 Å². The predicted octanol–water partition coefficient (Wildman–Crippen LogP) is 3.85. The Morgan fingerprint density at radius 3 is 2.68 bits per heavy atom. The minimum atomic E-state index is -1.21. The van der Waals surface area contributed by atoms with Crippen molar-refractivity contribution in [2.24, 2.45) is 15.7 Å². The van der Waals surface area contributed by atoms with Crippen molar-refractivity contribution >= 4 is 40.1 Å². The van der Waals surface area contributed by atoms with Crippen LogP contribution in [0, 0.1) is 5.41 Å². The number of carbonyl (C=O) groups excluding carboxylic acids is 1. The number of ether oxygens (including phenoxy) is 2. The molecule has 9 heteroatoms. The molecule has 1 unspecified atom stereocenters. The van der Waals surface area contributed by atoms with Gasteiger partial charge in [-0.1, -0.05) is 54.6 Å². The molecule has 4 N–H and O–H groups in total. The van der Waals surface area contributed by atoms with Crippen molar-refractivity contribution in [1.82, 2.24) is 4.98 Å². The van der Waals surface area contributed by atoms with E-state index in [1.807, 2.05) is 66.7 Å². The highest BCUT2D eigenvalue weighted by Gasteiger charge is 2.26. The van der Waals surface area contributed by atoms with Crippen molar-refractivity contribution < 1.29 is 14.3 Å². The molecule has 1 aliphatic rings. The van der Waals surface area contributed by atoms with Gasteiger partial charge in [-0.05, 0) is 29.8 Å². The Labute approximate surface area is 213 Å². The van der Waals surface area contributed by atoms with Gasteiger partial charge in [0.2, 0.25) is 12.1 Å². The molecule has 1 aliphatic heterocycles. The number of nitrogens with two attached hydrogens (primary N) is 1. The van der Waals surface area contributed by atoms with Crippen LogP contribution in [0.25, 0.3) is 10.9 Å². The molecule has 9 nitrogen and oxygen atoms in total. The van der Waals surface area contributed by atoms with Gasteiger partial charge in [0.05, 0.1) is 23.5 Å². The molecular formula is C28H24N6O3. The fraction of sp³-hybridized carbons (Fsp3) is 0.107. The van der Waals surface area contributed by atoms with Crippen LogP contribution in [0.4, 0.5) is 5.69 Å². The van der Waals surface area contributed by atoms with Gasteiger partial charge >= 0.3 is 0 Å². The quantitative estimate of drug-likeness (QED) is 0.287. The number of anilines is 1. The monoisotopic (exact) mass is 492 g/mol. The van der Waals surface area contributed by atoms with E-state index < -0.39 is 12.1 Å². The maximum Gasteiger partial charge on any atom is 0.291 e. The Kier molecular flexibility index (Phi) is 6.69. The first-order valence-corrected chi connectivity index (χ1v) is 11.5. The Balaban J connectivity index is 1.46. The highest BCUT2D eigenvalue weighted by molar-refractivity contribution is 6.19. The SMILES string of the molecule is COCc1ccc2nccc(C(=N)OC(N)=NC3N=C(c4ccccc4)c4ccccc4NC3=O)c2c1. The number of aliphatic imine (C=N–C) groups is 2. The highest BCUT2D eigenvalue weighted by atomic mass is 16.5. The van der Waals surface area contributed by atoms with Crippen molar-refractivity contribution in [2.75, 3.05) is 12.4 Å². The van der Waals surface area contributed by atoms with Gasteiger partial charge in [-0.25, -0.2) is 4.99 Å². The Bertz CT molecular complexity index is 1550. The number of methoxy groups -OCH3 is 1. The number of pyridine rings is 1. The molecular weight excluding hydrogens is 468 g/mol. The van der Waals surface area contributed by atoms with Crippen molar-refractivity contribution in [3.63, 3.8) is 0 Å². The number of benzodiazepines with no additional fused rings is 1. The van der Waals surface area contributed by atoms with E-state index in [1.54, 1.807) is 25.4 Å². The number of nitrogens with zero attached hydrogens (tertiary/aromatic N) is 3. The van der Waals surface area contributed by atoms with E-state index in [1.165, 1.54) is 0 Å². The molecule has 5 rings (SSSR count). The summed E-state index contributed by atoms with van der Waals surface area (Å²) in [4.78, 5) is 26.2. The number of benzene rings is 3. The predicted molar refractivity (Wildman–Crippen MR) is 143 cm³/mol. The maximum absolute atomic E-state index is 13.0. The lowest BCUT2D eigenvalue weighted by molar-refractivity contribution is -0.117. The second-order valence-electron chi connectivity index (χ2n) is 8.29. The Morgan fingerprint density at radius 2 is 1.86 bits per heavy atom. The normalized spacial score (nSPS) is 15.4. The molecule has 0 fully saturated rings. The summed E-state index contributed by atoms with van der Waals surface area (Å²) in [6.45, 7) is 0.420. The number of hydrogen-bond acceptors (Lipinski definition) is 7. The second kappa shape index (κ2) is 10.4. The van der Waals surface area contributed by atoms with Gasteiger partial charge in [0, 0.05) is 35.4 Å². The van der Waals surface area contributed by atoms with Gasteiger partial charge in [0.15, 0.2) is 0 Å². The summed E-state index contributed by atoms with van der Waals surface area (Å²) < 4.78 is 10.8. The minimum absolute atomic E-state index is 0.229. The van der Waals surface area contributed by atoms with Crippen LogP contribution in [0.15, 0.2) is 95.0 Å². The zero-order valence-corrected chi connectivity index (χ0v) is 20.0. The summed E-state index contributed by atoms with van der Waals surface area (Å²) in [5.74, 6) is -0.692. The van der Waals surface area contributed by atoms with Crippen LogP contribution in [0.2, 0.25) is 0 Å². The molecule has 4 aromatic rings. The van der Waals surface area contributed by atoms with Gasteiger partial charge in [-0.2, -0.15) is 4.99 Å². The number of rotatable bonds is 5. The van der Waals surface area contributed by atoms with Crippen LogP contribution in [0.5, 0.6) is 0 Å². The summed E-state index contributed by atoms with van der Waals surface area (Å²) in [6, 6.07) is 23.9. The van der Waals surface area contributed by atoms with Crippen LogP contribution >= 0.6 is 0 Å². The van der Waals surface area contributed by atoms with E-state index in [4.69, 9.17) is 20.6 Å². The number of amidine groups is 1. The zero-order chi connectivity index (χ0) is 25.8. The van der Waals surface area contributed by atoms with E-state index in [0.717, 1.165) is 16.7 Å². The smallest absolute Gasteiger partial charge is 0.291 e. The van der Waals surface area contributed by atoms with E-state index in [-0.39, 0.29) is 11.9 Å².